The lowest BCUT2D eigenvalue weighted by molar-refractivity contribution is 0.104. The van der Waals surface area contributed by atoms with Crippen LogP contribution in [0.5, 0.6) is 0 Å². The summed E-state index contributed by atoms with van der Waals surface area (Å²) < 4.78 is 0. The third-order valence-electron chi connectivity index (χ3n) is 2.73. The van der Waals surface area contributed by atoms with E-state index in [1.165, 1.54) is 5.56 Å². The zero-order valence-corrected chi connectivity index (χ0v) is 10.3. The minimum Gasteiger partial charge on any atom is -0.398 e. The highest BCUT2D eigenvalue weighted by atomic mass is 16.1. The van der Waals surface area contributed by atoms with Crippen molar-refractivity contribution in [3.05, 3.63) is 71.3 Å². The second-order valence-corrected chi connectivity index (χ2v) is 4.20. The van der Waals surface area contributed by atoms with Gasteiger partial charge in [0.2, 0.25) is 0 Å². The van der Waals surface area contributed by atoms with Gasteiger partial charge in [-0.2, -0.15) is 0 Å². The highest BCUT2D eigenvalue weighted by Crippen LogP contribution is 2.13. The summed E-state index contributed by atoms with van der Waals surface area (Å²) in [6.07, 6.45) is 3.35. The first kappa shape index (κ1) is 12.1. The Morgan fingerprint density at radius 2 is 1.72 bits per heavy atom. The molecule has 0 radical (unpaired) electrons. The molecule has 2 aromatic rings. The predicted molar refractivity (Wildman–Crippen MR) is 75.4 cm³/mol. The van der Waals surface area contributed by atoms with Gasteiger partial charge in [-0.25, -0.2) is 0 Å². The van der Waals surface area contributed by atoms with E-state index in [0.29, 0.717) is 11.3 Å². The highest BCUT2D eigenvalue weighted by Gasteiger charge is 2.04. The molecule has 90 valence electrons. The van der Waals surface area contributed by atoms with Crippen molar-refractivity contribution in [2.24, 2.45) is 0 Å². The lowest BCUT2D eigenvalue weighted by Crippen LogP contribution is -1.99. The zero-order chi connectivity index (χ0) is 13.0. The largest absolute Gasteiger partial charge is 0.398 e. The van der Waals surface area contributed by atoms with Crippen molar-refractivity contribution in [2.75, 3.05) is 5.73 Å². The minimum absolute atomic E-state index is 0.0753. The van der Waals surface area contributed by atoms with Crippen LogP contribution in [0.2, 0.25) is 0 Å². The van der Waals surface area contributed by atoms with Crippen LogP contribution in [0, 0.1) is 6.92 Å². The number of nitrogen functional groups attached to an aromatic ring is 1. The predicted octanol–water partition coefficient (Wildman–Crippen LogP) is 3.47. The fraction of sp³-hybridized carbons (Fsp3) is 0.0625. The Bertz CT molecular complexity index is 582. The lowest BCUT2D eigenvalue weighted by Gasteiger charge is -2.00. The van der Waals surface area contributed by atoms with Crippen molar-refractivity contribution in [3.8, 4) is 0 Å². The van der Waals surface area contributed by atoms with Crippen molar-refractivity contribution >= 4 is 17.5 Å². The molecule has 2 aromatic carbocycles. The van der Waals surface area contributed by atoms with Crippen molar-refractivity contribution in [1.82, 2.24) is 0 Å². The molecule has 0 bridgehead atoms. The van der Waals surface area contributed by atoms with Crippen molar-refractivity contribution in [3.63, 3.8) is 0 Å². The molecule has 0 fully saturated rings. The molecule has 0 heterocycles. The second kappa shape index (κ2) is 5.32. The molecule has 0 aliphatic heterocycles. The Morgan fingerprint density at radius 1 is 1.06 bits per heavy atom. The Morgan fingerprint density at radius 3 is 2.39 bits per heavy atom. The minimum atomic E-state index is -0.0753. The first-order valence-electron chi connectivity index (χ1n) is 5.80. The van der Waals surface area contributed by atoms with E-state index in [0.717, 1.165) is 5.56 Å². The molecular weight excluding hydrogens is 222 g/mol. The average molecular weight is 237 g/mol. The summed E-state index contributed by atoms with van der Waals surface area (Å²) in [6.45, 7) is 2.03. The number of carbonyl (C=O) groups excluding carboxylic acids is 1. The van der Waals surface area contributed by atoms with Gasteiger partial charge in [-0.3, -0.25) is 4.79 Å². The number of ketones is 1. The summed E-state index contributed by atoms with van der Waals surface area (Å²) in [7, 11) is 0. The SMILES string of the molecule is Cc1ccc(C=CC(=O)c2ccccc2N)cc1. The second-order valence-electron chi connectivity index (χ2n) is 4.20. The van der Waals surface area contributed by atoms with E-state index in [1.807, 2.05) is 43.3 Å². The van der Waals surface area contributed by atoms with Crippen molar-refractivity contribution in [2.45, 2.75) is 6.92 Å². The van der Waals surface area contributed by atoms with E-state index < -0.39 is 0 Å². The van der Waals surface area contributed by atoms with Crippen LogP contribution < -0.4 is 5.73 Å². The van der Waals surface area contributed by atoms with Gasteiger partial charge in [0, 0.05) is 11.3 Å². The zero-order valence-electron chi connectivity index (χ0n) is 10.3. The molecule has 0 spiro atoms. The fourth-order valence-corrected chi connectivity index (χ4v) is 1.66. The summed E-state index contributed by atoms with van der Waals surface area (Å²) >= 11 is 0. The Labute approximate surface area is 107 Å². The monoisotopic (exact) mass is 237 g/mol. The van der Waals surface area contributed by atoms with Gasteiger partial charge in [0.25, 0.3) is 0 Å². The first-order chi connectivity index (χ1) is 8.66. The number of aryl methyl sites for hydroxylation is 1. The highest BCUT2D eigenvalue weighted by molar-refractivity contribution is 6.10. The maximum absolute atomic E-state index is 11.9. The number of hydrogen-bond donors (Lipinski definition) is 1. The quantitative estimate of drug-likeness (QED) is 0.504. The molecular formula is C16H15NO. The van der Waals surface area contributed by atoms with Crippen LogP contribution >= 0.6 is 0 Å². The maximum Gasteiger partial charge on any atom is 0.187 e. The van der Waals surface area contributed by atoms with Gasteiger partial charge >= 0.3 is 0 Å². The number of anilines is 1. The Kier molecular flexibility index (Phi) is 3.58. The molecule has 0 saturated heterocycles. The summed E-state index contributed by atoms with van der Waals surface area (Å²) in [6, 6.07) is 15.1. The standard InChI is InChI=1S/C16H15NO/c1-12-6-8-13(9-7-12)10-11-16(18)14-4-2-3-5-15(14)17/h2-11H,17H2,1H3. The number of rotatable bonds is 3. The van der Waals surface area contributed by atoms with E-state index in [9.17, 15) is 4.79 Å². The number of nitrogens with two attached hydrogens (primary N) is 1. The summed E-state index contributed by atoms with van der Waals surface area (Å²) in [5, 5.41) is 0. The number of para-hydroxylation sites is 1. The third-order valence-corrected chi connectivity index (χ3v) is 2.73. The van der Waals surface area contributed by atoms with E-state index in [4.69, 9.17) is 5.73 Å². The molecule has 0 atom stereocenters. The molecule has 0 saturated carbocycles. The Balaban J connectivity index is 2.17. The summed E-state index contributed by atoms with van der Waals surface area (Å²) in [4.78, 5) is 11.9. The van der Waals surface area contributed by atoms with E-state index in [2.05, 4.69) is 0 Å². The van der Waals surface area contributed by atoms with Crippen LogP contribution in [0.25, 0.3) is 6.08 Å². The lowest BCUT2D eigenvalue weighted by atomic mass is 10.1. The summed E-state index contributed by atoms with van der Waals surface area (Å²) in [5.74, 6) is -0.0753. The van der Waals surface area contributed by atoms with E-state index in [-0.39, 0.29) is 5.78 Å². The normalized spacial score (nSPS) is 10.7. The molecule has 18 heavy (non-hydrogen) atoms. The van der Waals surface area contributed by atoms with Gasteiger partial charge in [0.05, 0.1) is 0 Å². The third kappa shape index (κ3) is 2.86. The van der Waals surface area contributed by atoms with Crippen LogP contribution in [0.15, 0.2) is 54.6 Å². The maximum atomic E-state index is 11.9. The van der Waals surface area contributed by atoms with E-state index in [1.54, 1.807) is 24.3 Å². The van der Waals surface area contributed by atoms with E-state index >= 15 is 0 Å². The van der Waals surface area contributed by atoms with Crippen LogP contribution in [0.4, 0.5) is 5.69 Å². The van der Waals surface area contributed by atoms with Crippen molar-refractivity contribution in [1.29, 1.82) is 0 Å². The molecule has 2 rings (SSSR count). The van der Waals surface area contributed by atoms with Gasteiger partial charge in [0.1, 0.15) is 0 Å². The number of hydrogen-bond acceptors (Lipinski definition) is 2. The molecule has 2 heteroatoms. The van der Waals surface area contributed by atoms with Crippen LogP contribution in [-0.4, -0.2) is 5.78 Å². The Hall–Kier alpha value is -2.35. The van der Waals surface area contributed by atoms with Crippen LogP contribution in [0.3, 0.4) is 0 Å². The van der Waals surface area contributed by atoms with Gasteiger partial charge < -0.3 is 5.73 Å². The first-order valence-corrected chi connectivity index (χ1v) is 5.80. The van der Waals surface area contributed by atoms with Gasteiger partial charge in [0.15, 0.2) is 5.78 Å². The molecule has 2 nitrogen and oxygen atoms in total. The molecule has 2 N–H and O–H groups in total. The molecule has 0 aromatic heterocycles. The topological polar surface area (TPSA) is 43.1 Å². The molecule has 0 aliphatic rings. The number of carbonyl (C=O) groups is 1. The van der Waals surface area contributed by atoms with Gasteiger partial charge in [-0.15, -0.1) is 0 Å². The van der Waals surface area contributed by atoms with Gasteiger partial charge in [-0.05, 0) is 30.7 Å². The molecule has 0 amide bonds. The fourth-order valence-electron chi connectivity index (χ4n) is 1.66. The van der Waals surface area contributed by atoms with Gasteiger partial charge in [-0.1, -0.05) is 48.0 Å². The number of allylic oxidation sites excluding steroid dienone is 1. The van der Waals surface area contributed by atoms with Crippen molar-refractivity contribution < 1.29 is 4.79 Å². The molecule has 0 aliphatic carbocycles. The summed E-state index contributed by atoms with van der Waals surface area (Å²) in [5.41, 5.74) is 9.01. The average Bonchev–Trinajstić information content (AvgIpc) is 2.38. The van der Waals surface area contributed by atoms with Crippen LogP contribution in [0.1, 0.15) is 21.5 Å². The smallest absolute Gasteiger partial charge is 0.187 e. The molecule has 0 unspecified atom stereocenters. The number of benzene rings is 2. The van der Waals surface area contributed by atoms with Crippen LogP contribution in [-0.2, 0) is 0 Å².